The minimum atomic E-state index is -0.507. The summed E-state index contributed by atoms with van der Waals surface area (Å²) in [6.45, 7) is 3.06. The Morgan fingerprint density at radius 3 is 2.56 bits per heavy atom. The standard InChI is InChI=1S/C29H30N2O4S/c1-34-26-15-19(4-5-21(26)17-31-12-2-3-13-31)14-25-24-11-8-22(32)16-27(24)36-29(25)20-6-9-23(10-7-20)35-18-28(30)33/h4-11,15-16,32H,2-3,12-14,17-18H2,1H3,(H2,30,33). The SMILES string of the molecule is COc1cc(Cc2c(-c3ccc(OCC(N)=O)cc3)sc3cc(O)ccc23)ccc1CN1CCCC1. The minimum Gasteiger partial charge on any atom is -0.508 e. The molecule has 5 rings (SSSR count). The van der Waals surface area contributed by atoms with E-state index in [1.54, 1.807) is 24.5 Å². The van der Waals surface area contributed by atoms with E-state index in [0.29, 0.717) is 5.75 Å². The first-order valence-corrected chi connectivity index (χ1v) is 13.0. The lowest BCUT2D eigenvalue weighted by Gasteiger charge is -2.18. The van der Waals surface area contributed by atoms with E-state index in [1.807, 2.05) is 36.4 Å². The van der Waals surface area contributed by atoms with Crippen molar-refractivity contribution < 1.29 is 19.4 Å². The number of ether oxygens (including phenoxy) is 2. The largest absolute Gasteiger partial charge is 0.508 e. The number of nitrogens with two attached hydrogens (primary N) is 1. The van der Waals surface area contributed by atoms with E-state index in [2.05, 4.69) is 23.1 Å². The number of thiophene rings is 1. The maximum Gasteiger partial charge on any atom is 0.255 e. The third kappa shape index (κ3) is 5.32. The van der Waals surface area contributed by atoms with Crippen molar-refractivity contribution in [3.8, 4) is 27.7 Å². The molecule has 0 unspecified atom stereocenters. The van der Waals surface area contributed by atoms with Gasteiger partial charge in [-0.15, -0.1) is 11.3 Å². The van der Waals surface area contributed by atoms with Crippen molar-refractivity contribution in [2.45, 2.75) is 25.8 Å². The molecule has 3 N–H and O–H groups in total. The second-order valence-corrected chi connectivity index (χ2v) is 10.2. The molecular formula is C29H30N2O4S. The fourth-order valence-corrected chi connectivity index (χ4v) is 6.08. The number of phenolic OH excluding ortho intramolecular Hbond substituents is 1. The van der Waals surface area contributed by atoms with Crippen LogP contribution in [0.15, 0.2) is 60.7 Å². The average molecular weight is 503 g/mol. The van der Waals surface area contributed by atoms with E-state index in [1.165, 1.54) is 29.5 Å². The number of aromatic hydroxyl groups is 1. The van der Waals surface area contributed by atoms with Crippen LogP contribution in [0.5, 0.6) is 17.2 Å². The van der Waals surface area contributed by atoms with Crippen LogP contribution in [-0.2, 0) is 17.8 Å². The summed E-state index contributed by atoms with van der Waals surface area (Å²) in [4.78, 5) is 14.6. The van der Waals surface area contributed by atoms with Crippen LogP contribution in [0.2, 0.25) is 0 Å². The molecule has 7 heteroatoms. The van der Waals surface area contributed by atoms with Crippen molar-refractivity contribution in [2.75, 3.05) is 26.8 Å². The molecule has 1 aliphatic heterocycles. The number of likely N-dealkylation sites (tertiary alicyclic amines) is 1. The van der Waals surface area contributed by atoms with Crippen LogP contribution in [0.25, 0.3) is 20.5 Å². The Morgan fingerprint density at radius 2 is 1.83 bits per heavy atom. The lowest BCUT2D eigenvalue weighted by molar-refractivity contribution is -0.119. The third-order valence-electron chi connectivity index (χ3n) is 6.60. The molecule has 0 radical (unpaired) electrons. The fourth-order valence-electron chi connectivity index (χ4n) is 4.82. The Labute approximate surface area is 214 Å². The zero-order valence-electron chi connectivity index (χ0n) is 20.3. The van der Waals surface area contributed by atoms with Crippen molar-refractivity contribution in [3.05, 3.63) is 77.4 Å². The first-order chi connectivity index (χ1) is 17.5. The molecular weight excluding hydrogens is 472 g/mol. The Kier molecular flexibility index (Phi) is 7.11. The lowest BCUT2D eigenvalue weighted by Crippen LogP contribution is -2.19. The Bertz CT molecular complexity index is 1370. The number of hydrogen-bond acceptors (Lipinski definition) is 6. The van der Waals surface area contributed by atoms with Crippen LogP contribution in [0.4, 0.5) is 0 Å². The molecule has 1 aliphatic rings. The van der Waals surface area contributed by atoms with Crippen LogP contribution in [0, 0.1) is 0 Å². The van der Waals surface area contributed by atoms with Crippen molar-refractivity contribution in [1.82, 2.24) is 4.90 Å². The molecule has 2 heterocycles. The quantitative estimate of drug-likeness (QED) is 0.323. The molecule has 6 nitrogen and oxygen atoms in total. The highest BCUT2D eigenvalue weighted by Crippen LogP contribution is 2.42. The third-order valence-corrected chi connectivity index (χ3v) is 7.84. The number of carbonyl (C=O) groups is 1. The second-order valence-electron chi connectivity index (χ2n) is 9.18. The molecule has 1 amide bonds. The molecule has 3 aromatic carbocycles. The highest BCUT2D eigenvalue weighted by atomic mass is 32.1. The van der Waals surface area contributed by atoms with E-state index < -0.39 is 5.91 Å². The molecule has 186 valence electrons. The molecule has 1 aromatic heterocycles. The summed E-state index contributed by atoms with van der Waals surface area (Å²) in [7, 11) is 1.74. The number of hydrogen-bond donors (Lipinski definition) is 2. The number of rotatable bonds is 9. The number of fused-ring (bicyclic) bond motifs is 1. The molecule has 36 heavy (non-hydrogen) atoms. The first-order valence-electron chi connectivity index (χ1n) is 12.1. The van der Waals surface area contributed by atoms with Crippen LogP contribution >= 0.6 is 11.3 Å². The predicted octanol–water partition coefficient (Wildman–Crippen LogP) is 5.33. The average Bonchev–Trinajstić information content (AvgIpc) is 3.51. The number of primary amides is 1. The molecule has 0 saturated carbocycles. The molecule has 1 saturated heterocycles. The number of benzene rings is 3. The van der Waals surface area contributed by atoms with Crippen molar-refractivity contribution in [3.63, 3.8) is 0 Å². The van der Waals surface area contributed by atoms with Gasteiger partial charge in [0.1, 0.15) is 17.2 Å². The van der Waals surface area contributed by atoms with Gasteiger partial charge in [0.25, 0.3) is 5.91 Å². The minimum absolute atomic E-state index is 0.150. The number of amides is 1. The van der Waals surface area contributed by atoms with Gasteiger partial charge in [-0.2, -0.15) is 0 Å². The zero-order valence-corrected chi connectivity index (χ0v) is 21.1. The smallest absolute Gasteiger partial charge is 0.255 e. The summed E-state index contributed by atoms with van der Waals surface area (Å²) in [5, 5.41) is 11.2. The summed E-state index contributed by atoms with van der Waals surface area (Å²) in [6, 6.07) is 19.8. The molecule has 1 fully saturated rings. The van der Waals surface area contributed by atoms with E-state index >= 15 is 0 Å². The Balaban J connectivity index is 1.47. The van der Waals surface area contributed by atoms with Gasteiger partial charge in [-0.25, -0.2) is 0 Å². The van der Waals surface area contributed by atoms with Crippen LogP contribution in [0.1, 0.15) is 29.5 Å². The number of phenols is 1. The summed E-state index contributed by atoms with van der Waals surface area (Å²) in [6.07, 6.45) is 3.27. The normalized spacial score (nSPS) is 13.8. The van der Waals surface area contributed by atoms with Gasteiger partial charge in [0.05, 0.1) is 7.11 Å². The van der Waals surface area contributed by atoms with E-state index in [-0.39, 0.29) is 12.4 Å². The maximum absolute atomic E-state index is 11.0. The van der Waals surface area contributed by atoms with Gasteiger partial charge < -0.3 is 20.3 Å². The molecule has 4 aromatic rings. The van der Waals surface area contributed by atoms with Gasteiger partial charge in [-0.05, 0) is 103 Å². The first kappa shape index (κ1) is 24.2. The number of nitrogens with zero attached hydrogens (tertiary/aromatic N) is 1. The van der Waals surface area contributed by atoms with E-state index in [0.717, 1.165) is 52.3 Å². The van der Waals surface area contributed by atoms with E-state index in [9.17, 15) is 9.90 Å². The number of carbonyl (C=O) groups excluding carboxylic acids is 1. The van der Waals surface area contributed by atoms with Gasteiger partial charge in [0, 0.05) is 21.7 Å². The van der Waals surface area contributed by atoms with Gasteiger partial charge in [-0.3, -0.25) is 9.69 Å². The monoisotopic (exact) mass is 502 g/mol. The summed E-state index contributed by atoms with van der Waals surface area (Å²) >= 11 is 1.66. The summed E-state index contributed by atoms with van der Waals surface area (Å²) in [5.74, 6) is 1.27. The molecule has 0 bridgehead atoms. The summed E-state index contributed by atoms with van der Waals surface area (Å²) < 4.78 is 12.2. The highest BCUT2D eigenvalue weighted by Gasteiger charge is 2.18. The second kappa shape index (κ2) is 10.6. The van der Waals surface area contributed by atoms with Gasteiger partial charge in [0.2, 0.25) is 0 Å². The highest BCUT2D eigenvalue weighted by molar-refractivity contribution is 7.22. The topological polar surface area (TPSA) is 85.0 Å². The Morgan fingerprint density at radius 1 is 1.06 bits per heavy atom. The zero-order chi connectivity index (χ0) is 25.1. The van der Waals surface area contributed by atoms with E-state index in [4.69, 9.17) is 15.2 Å². The fraction of sp³-hybridized carbons (Fsp3) is 0.276. The van der Waals surface area contributed by atoms with Crippen molar-refractivity contribution >= 4 is 27.3 Å². The lowest BCUT2D eigenvalue weighted by atomic mass is 9.97. The van der Waals surface area contributed by atoms with Crippen LogP contribution in [0.3, 0.4) is 0 Å². The van der Waals surface area contributed by atoms with Gasteiger partial charge in [0.15, 0.2) is 6.61 Å². The molecule has 0 spiro atoms. The van der Waals surface area contributed by atoms with Crippen molar-refractivity contribution in [1.29, 1.82) is 0 Å². The van der Waals surface area contributed by atoms with Crippen molar-refractivity contribution in [2.24, 2.45) is 5.73 Å². The Hall–Kier alpha value is -3.55. The number of methoxy groups -OCH3 is 1. The predicted molar refractivity (Wildman–Crippen MR) is 144 cm³/mol. The van der Waals surface area contributed by atoms with Crippen LogP contribution in [-0.4, -0.2) is 42.7 Å². The maximum atomic E-state index is 11.0. The summed E-state index contributed by atoms with van der Waals surface area (Å²) in [5.41, 5.74) is 9.83. The van der Waals surface area contributed by atoms with Crippen LogP contribution < -0.4 is 15.2 Å². The molecule has 0 aliphatic carbocycles. The molecule has 0 atom stereocenters. The van der Waals surface area contributed by atoms with Gasteiger partial charge in [-0.1, -0.05) is 12.1 Å². The van der Waals surface area contributed by atoms with Gasteiger partial charge >= 0.3 is 0 Å².